The van der Waals surface area contributed by atoms with Crippen LogP contribution in [0.2, 0.25) is 0 Å². The predicted octanol–water partition coefficient (Wildman–Crippen LogP) is 5.75. The molecule has 258 valence electrons. The third-order valence-electron chi connectivity index (χ3n) is 9.92. The third-order valence-corrected chi connectivity index (χ3v) is 9.92. The van der Waals surface area contributed by atoms with Gasteiger partial charge in [-0.15, -0.1) is 0 Å². The molecule has 5 rings (SSSR count). The monoisotopic (exact) mass is 674 g/mol. The number of likely N-dealkylation sites (tertiary alicyclic amines) is 3. The number of ether oxygens (including phenoxy) is 1. The van der Waals surface area contributed by atoms with Crippen LogP contribution in [-0.4, -0.2) is 108 Å². The third kappa shape index (κ3) is 7.29. The van der Waals surface area contributed by atoms with Gasteiger partial charge >= 0.3 is 30.6 Å². The van der Waals surface area contributed by atoms with Crippen LogP contribution >= 0.6 is 0 Å². The number of benzene rings is 1. The minimum atomic E-state index is -5.82. The van der Waals surface area contributed by atoms with Crippen LogP contribution in [0.25, 0.3) is 0 Å². The molecule has 0 unspecified atom stereocenters. The normalized spacial score (nSPS) is 22.5. The van der Waals surface area contributed by atoms with Crippen molar-refractivity contribution in [3.05, 3.63) is 29.3 Å². The lowest BCUT2D eigenvalue weighted by Gasteiger charge is -2.54. The van der Waals surface area contributed by atoms with Crippen molar-refractivity contribution in [3.8, 4) is 0 Å². The molecule has 2 spiro atoms. The van der Waals surface area contributed by atoms with E-state index in [1.165, 1.54) is 6.07 Å². The Bertz CT molecular complexity index is 1260. The lowest BCUT2D eigenvalue weighted by molar-refractivity contribution is -0.308. The number of carboxylic acid groups (broad SMARTS) is 1. The Morgan fingerprint density at radius 2 is 1.46 bits per heavy atom. The van der Waals surface area contributed by atoms with Crippen molar-refractivity contribution in [3.63, 3.8) is 0 Å². The molecular formula is C29H35F9N4O4. The highest BCUT2D eigenvalue weighted by Crippen LogP contribution is 2.45. The average Bonchev–Trinajstić information content (AvgIpc) is 3.30. The molecule has 4 aliphatic rings. The van der Waals surface area contributed by atoms with E-state index in [0.29, 0.717) is 63.2 Å². The molecule has 8 nitrogen and oxygen atoms in total. The highest BCUT2D eigenvalue weighted by atomic mass is 19.4. The van der Waals surface area contributed by atoms with Crippen molar-refractivity contribution < 1.29 is 58.9 Å². The number of alkyl halides is 9. The lowest BCUT2D eigenvalue weighted by Crippen LogP contribution is -2.61. The summed E-state index contributed by atoms with van der Waals surface area (Å²) in [7, 11) is 0. The number of halogens is 9. The van der Waals surface area contributed by atoms with Gasteiger partial charge in [0.15, 0.2) is 0 Å². The van der Waals surface area contributed by atoms with Crippen molar-refractivity contribution in [1.82, 2.24) is 14.7 Å². The predicted molar refractivity (Wildman–Crippen MR) is 145 cm³/mol. The minimum absolute atomic E-state index is 0.0542. The van der Waals surface area contributed by atoms with Crippen molar-refractivity contribution in [2.24, 2.45) is 5.41 Å². The standard InChI is InChI=1S/C29H35F9N4O4/c30-27(31,32)20-3-2-19(21(14-20)40-10-5-25(6-11-40)17-39(18-25)16-22(43)44)15-42-9-1-4-26(42)7-12-41(13-8-26)24(45)46-23(28(33,34)35)29(36,37)38/h2-3,14,23H,1,4-13,15-18H2,(H,43,44). The molecular weight excluding hydrogens is 639 g/mol. The Labute approximate surface area is 259 Å². The van der Waals surface area contributed by atoms with Crippen molar-refractivity contribution in [2.75, 3.05) is 57.3 Å². The molecule has 0 aromatic heterocycles. The number of rotatable bonds is 6. The van der Waals surface area contributed by atoms with Gasteiger partial charge < -0.3 is 19.6 Å². The average molecular weight is 675 g/mol. The fourth-order valence-corrected chi connectivity index (χ4v) is 7.52. The molecule has 4 saturated heterocycles. The van der Waals surface area contributed by atoms with E-state index < -0.39 is 47.8 Å². The summed E-state index contributed by atoms with van der Waals surface area (Å²) >= 11 is 0. The van der Waals surface area contributed by atoms with E-state index in [1.54, 1.807) is 0 Å². The van der Waals surface area contributed by atoms with E-state index in [1.807, 2.05) is 9.80 Å². The Kier molecular flexibility index (Phi) is 9.16. The van der Waals surface area contributed by atoms with Crippen LogP contribution in [0.3, 0.4) is 0 Å². The maximum atomic E-state index is 13.8. The quantitative estimate of drug-likeness (QED) is 0.386. The summed E-state index contributed by atoms with van der Waals surface area (Å²) in [6.45, 7) is 2.76. The number of anilines is 1. The first kappa shape index (κ1) is 34.4. The van der Waals surface area contributed by atoms with Crippen LogP contribution in [0.1, 0.15) is 49.7 Å². The SMILES string of the molecule is O=C(O)CN1CC2(CCN(c3cc(C(F)(F)F)ccc3CN3CCCC34CCN(C(=O)OC(C(F)(F)F)C(F)(F)F)CC4)CC2)C1. The van der Waals surface area contributed by atoms with Crippen LogP contribution in [0, 0.1) is 5.41 Å². The number of nitrogens with zero attached hydrogens (tertiary/aromatic N) is 4. The number of hydrogen-bond donors (Lipinski definition) is 1. The molecule has 46 heavy (non-hydrogen) atoms. The van der Waals surface area contributed by atoms with Crippen LogP contribution in [0.5, 0.6) is 0 Å². The van der Waals surface area contributed by atoms with Crippen LogP contribution in [-0.2, 0) is 22.3 Å². The van der Waals surface area contributed by atoms with Crippen molar-refractivity contribution >= 4 is 17.7 Å². The molecule has 4 fully saturated rings. The molecule has 0 radical (unpaired) electrons. The van der Waals surface area contributed by atoms with E-state index in [-0.39, 0.29) is 44.4 Å². The zero-order valence-corrected chi connectivity index (χ0v) is 24.8. The molecule has 1 N–H and O–H groups in total. The number of aliphatic carboxylic acids is 1. The van der Waals surface area contributed by atoms with E-state index in [0.717, 1.165) is 23.5 Å². The largest absolute Gasteiger partial charge is 0.480 e. The van der Waals surface area contributed by atoms with Crippen molar-refractivity contribution in [2.45, 2.75) is 75.2 Å². The molecule has 17 heteroatoms. The molecule has 0 saturated carbocycles. The summed E-state index contributed by atoms with van der Waals surface area (Å²) in [6.07, 6.45) is -18.9. The summed E-state index contributed by atoms with van der Waals surface area (Å²) < 4.78 is 123. The number of amides is 1. The second-order valence-electron chi connectivity index (χ2n) is 13.0. The topological polar surface area (TPSA) is 76.6 Å². The second kappa shape index (κ2) is 12.3. The van der Waals surface area contributed by atoms with Crippen LogP contribution in [0.4, 0.5) is 50.0 Å². The fourth-order valence-electron chi connectivity index (χ4n) is 7.52. The maximum absolute atomic E-state index is 13.8. The summed E-state index contributed by atoms with van der Waals surface area (Å²) in [5, 5.41) is 9.04. The maximum Gasteiger partial charge on any atom is 0.434 e. The highest BCUT2D eigenvalue weighted by Gasteiger charge is 2.60. The van der Waals surface area contributed by atoms with Gasteiger partial charge in [0.25, 0.3) is 6.10 Å². The Balaban J connectivity index is 1.26. The summed E-state index contributed by atoms with van der Waals surface area (Å²) in [5.41, 5.74) is -0.286. The van der Waals surface area contributed by atoms with E-state index >= 15 is 0 Å². The van der Waals surface area contributed by atoms with Gasteiger partial charge in [0, 0.05) is 57.0 Å². The summed E-state index contributed by atoms with van der Waals surface area (Å²) in [5.74, 6) is -0.914. The minimum Gasteiger partial charge on any atom is -0.480 e. The Morgan fingerprint density at radius 3 is 2.00 bits per heavy atom. The van der Waals surface area contributed by atoms with E-state index in [4.69, 9.17) is 5.11 Å². The Hall–Kier alpha value is -2.95. The van der Waals surface area contributed by atoms with Crippen molar-refractivity contribution in [1.29, 1.82) is 0 Å². The number of piperidine rings is 2. The second-order valence-corrected chi connectivity index (χ2v) is 13.0. The van der Waals surface area contributed by atoms with E-state index in [2.05, 4.69) is 9.64 Å². The molecule has 1 aromatic rings. The summed E-state index contributed by atoms with van der Waals surface area (Å²) in [4.78, 5) is 30.0. The van der Waals surface area contributed by atoms with Gasteiger partial charge in [0.2, 0.25) is 0 Å². The number of carbonyl (C=O) groups is 2. The molecule has 1 aromatic carbocycles. The number of carboxylic acids is 1. The molecule has 1 amide bonds. The van der Waals surface area contributed by atoms with Gasteiger partial charge in [-0.2, -0.15) is 39.5 Å². The van der Waals surface area contributed by atoms with E-state index in [9.17, 15) is 49.1 Å². The number of carbonyl (C=O) groups excluding carboxylic acids is 1. The van der Waals surface area contributed by atoms with Gasteiger partial charge in [-0.05, 0) is 68.2 Å². The zero-order chi connectivity index (χ0) is 33.7. The smallest absolute Gasteiger partial charge is 0.434 e. The van der Waals surface area contributed by atoms with Gasteiger partial charge in [0.05, 0.1) is 12.1 Å². The molecule has 0 atom stereocenters. The van der Waals surface area contributed by atoms with Crippen LogP contribution < -0.4 is 4.90 Å². The lowest BCUT2D eigenvalue weighted by atomic mass is 9.72. The van der Waals surface area contributed by atoms with Gasteiger partial charge in [-0.3, -0.25) is 14.6 Å². The van der Waals surface area contributed by atoms with Crippen LogP contribution in [0.15, 0.2) is 18.2 Å². The zero-order valence-electron chi connectivity index (χ0n) is 24.8. The first-order chi connectivity index (χ1) is 21.3. The number of hydrogen-bond acceptors (Lipinski definition) is 6. The first-order valence-electron chi connectivity index (χ1n) is 15.0. The molecule has 4 heterocycles. The molecule has 0 bridgehead atoms. The molecule has 4 aliphatic heterocycles. The highest BCUT2D eigenvalue weighted by molar-refractivity contribution is 5.69. The van der Waals surface area contributed by atoms with Gasteiger partial charge in [-0.25, -0.2) is 4.79 Å². The summed E-state index contributed by atoms with van der Waals surface area (Å²) in [6, 6.07) is 3.62. The fraction of sp³-hybridized carbons (Fsp3) is 0.724. The van der Waals surface area contributed by atoms with Gasteiger partial charge in [-0.1, -0.05) is 6.07 Å². The Morgan fingerprint density at radius 1 is 0.848 bits per heavy atom. The molecule has 0 aliphatic carbocycles. The first-order valence-corrected chi connectivity index (χ1v) is 15.0. The van der Waals surface area contributed by atoms with Gasteiger partial charge in [0.1, 0.15) is 0 Å².